The maximum atomic E-state index is 12.8. The second-order valence-electron chi connectivity index (χ2n) is 6.77. The predicted octanol–water partition coefficient (Wildman–Crippen LogP) is 1.10. The predicted molar refractivity (Wildman–Crippen MR) is 95.4 cm³/mol. The lowest BCUT2D eigenvalue weighted by molar-refractivity contribution is -0.141. The van der Waals surface area contributed by atoms with Gasteiger partial charge in [-0.2, -0.15) is 0 Å². The van der Waals surface area contributed by atoms with Gasteiger partial charge in [0, 0.05) is 32.2 Å². The molecule has 8 heteroatoms. The molecular weight excluding hydrogens is 336 g/mol. The van der Waals surface area contributed by atoms with Crippen molar-refractivity contribution in [2.45, 2.75) is 18.9 Å². The number of aryl methyl sites for hydroxylation is 1. The average Bonchev–Trinajstić information content (AvgIpc) is 3.27. The number of amides is 1. The highest BCUT2D eigenvalue weighted by Crippen LogP contribution is 2.25. The maximum absolute atomic E-state index is 12.8. The Morgan fingerprint density at radius 3 is 2.73 bits per heavy atom. The monoisotopic (exact) mass is 358 g/mol. The van der Waals surface area contributed by atoms with Crippen LogP contribution in [0.25, 0.3) is 11.0 Å². The molecular formula is C18H22N4O4. The second kappa shape index (κ2) is 6.60. The molecule has 1 aromatic carbocycles. The highest BCUT2D eigenvalue weighted by molar-refractivity contribution is 5.99. The minimum Gasteiger partial charge on any atom is -0.480 e. The molecule has 138 valence electrons. The molecule has 0 unspecified atom stereocenters. The Kier molecular flexibility index (Phi) is 4.28. The molecule has 0 radical (unpaired) electrons. The van der Waals surface area contributed by atoms with Gasteiger partial charge in [0.2, 0.25) is 5.95 Å². The fourth-order valence-corrected chi connectivity index (χ4v) is 3.80. The molecule has 1 amide bonds. The molecule has 3 heterocycles. The molecule has 8 nitrogen and oxygen atoms in total. The molecule has 2 fully saturated rings. The Bertz CT molecular complexity index is 856. The molecule has 1 aromatic heterocycles. The average molecular weight is 358 g/mol. The minimum atomic E-state index is -0.940. The lowest BCUT2D eigenvalue weighted by atomic mass is 10.1. The molecule has 0 bridgehead atoms. The largest absolute Gasteiger partial charge is 0.480 e. The number of aliphatic carboxylic acids is 1. The summed E-state index contributed by atoms with van der Waals surface area (Å²) in [6.07, 6.45) is 1.23. The van der Waals surface area contributed by atoms with Crippen LogP contribution in [-0.4, -0.2) is 70.3 Å². The smallest absolute Gasteiger partial charge is 0.326 e. The first-order valence-electron chi connectivity index (χ1n) is 8.89. The first kappa shape index (κ1) is 16.8. The Hall–Kier alpha value is -2.61. The molecule has 4 rings (SSSR count). The van der Waals surface area contributed by atoms with Crippen molar-refractivity contribution in [1.29, 1.82) is 0 Å². The third-order valence-electron chi connectivity index (χ3n) is 5.20. The van der Waals surface area contributed by atoms with Crippen molar-refractivity contribution in [1.82, 2.24) is 14.5 Å². The number of carboxylic acids is 1. The molecule has 1 atom stereocenters. The third-order valence-corrected chi connectivity index (χ3v) is 5.20. The van der Waals surface area contributed by atoms with Crippen LogP contribution in [0.3, 0.4) is 0 Å². The lowest BCUT2D eigenvalue weighted by Gasteiger charge is -2.27. The molecule has 0 spiro atoms. The first-order valence-corrected chi connectivity index (χ1v) is 8.89. The van der Waals surface area contributed by atoms with E-state index in [4.69, 9.17) is 9.72 Å². The number of carbonyl (C=O) groups is 2. The number of rotatable bonds is 3. The van der Waals surface area contributed by atoms with Crippen molar-refractivity contribution < 1.29 is 19.4 Å². The summed E-state index contributed by atoms with van der Waals surface area (Å²) < 4.78 is 7.41. The Labute approximate surface area is 151 Å². The van der Waals surface area contributed by atoms with E-state index in [1.807, 2.05) is 17.7 Å². The molecule has 2 aliphatic heterocycles. The van der Waals surface area contributed by atoms with Crippen LogP contribution >= 0.6 is 0 Å². The van der Waals surface area contributed by atoms with Crippen molar-refractivity contribution in [3.63, 3.8) is 0 Å². The van der Waals surface area contributed by atoms with Gasteiger partial charge in [-0.3, -0.25) is 4.79 Å². The highest BCUT2D eigenvalue weighted by Gasteiger charge is 2.34. The van der Waals surface area contributed by atoms with E-state index in [2.05, 4.69) is 4.90 Å². The number of hydrogen-bond acceptors (Lipinski definition) is 5. The number of carboxylic acid groups (broad SMARTS) is 1. The van der Waals surface area contributed by atoms with E-state index in [0.717, 1.165) is 36.5 Å². The summed E-state index contributed by atoms with van der Waals surface area (Å²) >= 11 is 0. The van der Waals surface area contributed by atoms with E-state index in [-0.39, 0.29) is 5.91 Å². The SMILES string of the molecule is Cn1c(N2CCOCC2)nc2cc(C(=O)N3CCC[C@@H]3C(=O)O)ccc21. The van der Waals surface area contributed by atoms with Crippen LogP contribution in [0.2, 0.25) is 0 Å². The molecule has 2 aromatic rings. The third kappa shape index (κ3) is 2.80. The molecule has 0 aliphatic carbocycles. The molecule has 26 heavy (non-hydrogen) atoms. The Balaban J connectivity index is 1.65. The number of carbonyl (C=O) groups excluding carboxylic acids is 1. The van der Waals surface area contributed by atoms with Crippen molar-refractivity contribution in [2.24, 2.45) is 7.05 Å². The Morgan fingerprint density at radius 1 is 1.23 bits per heavy atom. The number of morpholine rings is 1. The Morgan fingerprint density at radius 2 is 2.00 bits per heavy atom. The summed E-state index contributed by atoms with van der Waals surface area (Å²) in [6.45, 7) is 3.42. The topological polar surface area (TPSA) is 87.9 Å². The van der Waals surface area contributed by atoms with Gasteiger partial charge in [-0.05, 0) is 31.0 Å². The van der Waals surface area contributed by atoms with Crippen LogP contribution in [0.1, 0.15) is 23.2 Å². The zero-order valence-electron chi connectivity index (χ0n) is 14.7. The van der Waals surface area contributed by atoms with Gasteiger partial charge in [0.15, 0.2) is 0 Å². The number of benzene rings is 1. The van der Waals surface area contributed by atoms with E-state index in [0.29, 0.717) is 31.7 Å². The van der Waals surface area contributed by atoms with Gasteiger partial charge >= 0.3 is 5.97 Å². The summed E-state index contributed by atoms with van der Waals surface area (Å²) in [7, 11) is 1.96. The normalized spacial score (nSPS) is 20.7. The van der Waals surface area contributed by atoms with E-state index in [1.165, 1.54) is 4.90 Å². The van der Waals surface area contributed by atoms with Gasteiger partial charge in [-0.15, -0.1) is 0 Å². The van der Waals surface area contributed by atoms with Crippen molar-refractivity contribution in [3.05, 3.63) is 23.8 Å². The zero-order valence-corrected chi connectivity index (χ0v) is 14.7. The number of ether oxygens (including phenoxy) is 1. The number of imidazole rings is 1. The number of anilines is 1. The molecule has 0 saturated carbocycles. The van der Waals surface area contributed by atoms with E-state index in [1.54, 1.807) is 12.1 Å². The van der Waals surface area contributed by atoms with Crippen LogP contribution in [0.5, 0.6) is 0 Å². The number of fused-ring (bicyclic) bond motifs is 1. The van der Waals surface area contributed by atoms with Crippen LogP contribution in [0, 0.1) is 0 Å². The van der Waals surface area contributed by atoms with Gasteiger partial charge < -0.3 is 24.2 Å². The van der Waals surface area contributed by atoms with E-state index in [9.17, 15) is 14.7 Å². The van der Waals surface area contributed by atoms with Crippen molar-refractivity contribution in [3.8, 4) is 0 Å². The van der Waals surface area contributed by atoms with Crippen molar-refractivity contribution >= 4 is 28.9 Å². The number of likely N-dealkylation sites (tertiary alicyclic amines) is 1. The fraction of sp³-hybridized carbons (Fsp3) is 0.500. The lowest BCUT2D eigenvalue weighted by Crippen LogP contribution is -2.40. The first-order chi connectivity index (χ1) is 12.6. The van der Waals surface area contributed by atoms with Gasteiger partial charge in [0.25, 0.3) is 5.91 Å². The van der Waals surface area contributed by atoms with E-state index >= 15 is 0 Å². The van der Waals surface area contributed by atoms with Crippen LogP contribution in [0.4, 0.5) is 5.95 Å². The summed E-state index contributed by atoms with van der Waals surface area (Å²) in [4.78, 5) is 32.5. The van der Waals surface area contributed by atoms with Crippen LogP contribution < -0.4 is 4.90 Å². The maximum Gasteiger partial charge on any atom is 0.326 e. The van der Waals surface area contributed by atoms with Gasteiger partial charge in [-0.25, -0.2) is 9.78 Å². The summed E-state index contributed by atoms with van der Waals surface area (Å²) in [6, 6.07) is 4.67. The standard InChI is InChI=1S/C18H22N4O4/c1-20-14-5-4-12(16(23)22-6-2-3-15(22)17(24)25)11-13(14)19-18(20)21-7-9-26-10-8-21/h4-5,11,15H,2-3,6-10H2,1H3,(H,24,25)/t15-/m1/s1. The summed E-state index contributed by atoms with van der Waals surface area (Å²) in [5.74, 6) is -0.322. The number of aromatic nitrogens is 2. The van der Waals surface area contributed by atoms with Crippen LogP contribution in [-0.2, 0) is 16.6 Å². The molecule has 2 aliphatic rings. The van der Waals surface area contributed by atoms with Crippen molar-refractivity contribution in [2.75, 3.05) is 37.7 Å². The number of hydrogen-bond donors (Lipinski definition) is 1. The fourth-order valence-electron chi connectivity index (χ4n) is 3.80. The zero-order chi connectivity index (χ0) is 18.3. The molecule has 1 N–H and O–H groups in total. The van der Waals surface area contributed by atoms with Gasteiger partial charge in [-0.1, -0.05) is 0 Å². The second-order valence-corrected chi connectivity index (χ2v) is 6.77. The van der Waals surface area contributed by atoms with Crippen LogP contribution in [0.15, 0.2) is 18.2 Å². The number of nitrogens with zero attached hydrogens (tertiary/aromatic N) is 4. The van der Waals surface area contributed by atoms with E-state index < -0.39 is 12.0 Å². The minimum absolute atomic E-state index is 0.240. The molecule has 2 saturated heterocycles. The quantitative estimate of drug-likeness (QED) is 0.884. The highest BCUT2D eigenvalue weighted by atomic mass is 16.5. The summed E-state index contributed by atoms with van der Waals surface area (Å²) in [5, 5.41) is 9.31. The van der Waals surface area contributed by atoms with Gasteiger partial charge in [0.1, 0.15) is 6.04 Å². The van der Waals surface area contributed by atoms with Gasteiger partial charge in [0.05, 0.1) is 24.2 Å². The summed E-state index contributed by atoms with van der Waals surface area (Å²) in [5.41, 5.74) is 2.17.